The van der Waals surface area contributed by atoms with Crippen molar-refractivity contribution < 1.29 is 32.2 Å². The molecule has 0 aromatic heterocycles. The Bertz CT molecular complexity index is 1280. The average Bonchev–Trinajstić information content (AvgIpc) is 3.53. The van der Waals surface area contributed by atoms with Crippen LogP contribution in [-0.4, -0.2) is 34.9 Å². The second-order valence-corrected chi connectivity index (χ2v) is 9.41. The van der Waals surface area contributed by atoms with Gasteiger partial charge in [0, 0.05) is 5.69 Å². The van der Waals surface area contributed by atoms with Crippen LogP contribution in [0.4, 0.5) is 29.3 Å². The van der Waals surface area contributed by atoms with Gasteiger partial charge in [-0.3, -0.25) is 9.69 Å². The van der Waals surface area contributed by atoms with Crippen LogP contribution >= 0.6 is 12.2 Å². The van der Waals surface area contributed by atoms with Gasteiger partial charge in [-0.1, -0.05) is 0 Å². The molecule has 8 nitrogen and oxygen atoms in total. The minimum Gasteiger partial charge on any atom is -0.489 e. The molecular weight excluding hydrogens is 497 g/mol. The highest BCUT2D eigenvalue weighted by molar-refractivity contribution is 7.81. The molecule has 2 aromatic carbocycles. The molecule has 12 heteroatoms. The number of halogens is 3. The summed E-state index contributed by atoms with van der Waals surface area (Å²) in [5, 5.41) is 9.05. The lowest BCUT2D eigenvalue weighted by molar-refractivity contribution is -0.137. The molecule has 0 radical (unpaired) electrons. The predicted molar refractivity (Wildman–Crippen MR) is 127 cm³/mol. The smallest absolute Gasteiger partial charge is 0.417 e. The second-order valence-electron chi connectivity index (χ2n) is 9.04. The topological polar surface area (TPSA) is 109 Å². The van der Waals surface area contributed by atoms with Crippen molar-refractivity contribution in [3.8, 4) is 11.8 Å². The molecule has 0 spiro atoms. The van der Waals surface area contributed by atoms with Crippen molar-refractivity contribution in [3.63, 3.8) is 0 Å². The molecule has 0 bridgehead atoms. The lowest BCUT2D eigenvalue weighted by Crippen LogP contribution is -2.44. The van der Waals surface area contributed by atoms with Crippen LogP contribution in [0.25, 0.3) is 0 Å². The van der Waals surface area contributed by atoms with Gasteiger partial charge in [-0.05, 0) is 81.4 Å². The van der Waals surface area contributed by atoms with Crippen LogP contribution < -0.4 is 20.3 Å². The van der Waals surface area contributed by atoms with Crippen LogP contribution in [0, 0.1) is 11.3 Å². The minimum atomic E-state index is -4.78. The summed E-state index contributed by atoms with van der Waals surface area (Å²) in [6, 6.07) is 11.2. The van der Waals surface area contributed by atoms with Crippen molar-refractivity contribution in [1.82, 2.24) is 0 Å². The highest BCUT2D eigenvalue weighted by atomic mass is 32.1. The molecule has 2 amide bonds. The van der Waals surface area contributed by atoms with Crippen molar-refractivity contribution in [2.75, 3.05) is 16.4 Å². The largest absolute Gasteiger partial charge is 0.489 e. The molecule has 188 valence electrons. The fraction of sp³-hybridized carbons (Fsp3) is 0.333. The number of hydrogen-bond acceptors (Lipinski definition) is 6. The van der Waals surface area contributed by atoms with E-state index in [1.807, 2.05) is 0 Å². The first-order valence-corrected chi connectivity index (χ1v) is 11.2. The number of hydrogen-bond donors (Lipinski definition) is 1. The summed E-state index contributed by atoms with van der Waals surface area (Å²) in [6.07, 6.45) is -4.35. The van der Waals surface area contributed by atoms with Crippen LogP contribution in [0.5, 0.6) is 5.75 Å². The van der Waals surface area contributed by atoms with Gasteiger partial charge in [0.05, 0.1) is 22.9 Å². The van der Waals surface area contributed by atoms with E-state index >= 15 is 0 Å². The fourth-order valence-corrected chi connectivity index (χ4v) is 4.52. The van der Waals surface area contributed by atoms with Gasteiger partial charge in [0.2, 0.25) is 0 Å². The van der Waals surface area contributed by atoms with Gasteiger partial charge >= 0.3 is 12.3 Å². The number of carbonyl (C=O) groups is 2. The predicted octanol–water partition coefficient (Wildman–Crippen LogP) is 4.50. The highest BCUT2D eigenvalue weighted by Gasteiger charge is 2.51. The van der Waals surface area contributed by atoms with E-state index in [0.717, 1.165) is 17.0 Å². The summed E-state index contributed by atoms with van der Waals surface area (Å²) in [4.78, 5) is 26.9. The average molecular weight is 519 g/mol. The minimum absolute atomic E-state index is 0.0108. The summed E-state index contributed by atoms with van der Waals surface area (Å²) in [7, 11) is 0. The zero-order valence-electron chi connectivity index (χ0n) is 19.3. The Labute approximate surface area is 210 Å². The first-order valence-electron chi connectivity index (χ1n) is 10.8. The van der Waals surface area contributed by atoms with Crippen molar-refractivity contribution in [2.24, 2.45) is 5.73 Å². The number of rotatable bonds is 6. The van der Waals surface area contributed by atoms with Gasteiger partial charge in [-0.2, -0.15) is 18.4 Å². The molecule has 2 N–H and O–H groups in total. The molecule has 0 atom stereocenters. The number of primary amides is 1. The summed E-state index contributed by atoms with van der Waals surface area (Å²) in [6.45, 7) is 3.35. The van der Waals surface area contributed by atoms with Gasteiger partial charge in [-0.15, -0.1) is 0 Å². The molecule has 1 saturated heterocycles. The second kappa shape index (κ2) is 8.67. The lowest BCUT2D eigenvalue weighted by atomic mass is 10.0. The lowest BCUT2D eigenvalue weighted by Gasteiger charge is -2.29. The van der Waals surface area contributed by atoms with Crippen molar-refractivity contribution >= 4 is 40.7 Å². The molecule has 2 aliphatic rings. The first kappa shape index (κ1) is 25.2. The molecule has 2 fully saturated rings. The monoisotopic (exact) mass is 518 g/mol. The maximum absolute atomic E-state index is 13.5. The standard InChI is InChI=1S/C24H21F3N4O4S/c1-22(2)19(32)30(16-4-3-14(12-28)18(11-16)24(25,26)27)21(36)31(22)15-5-7-17(8-6-15)34-13-23(9-10-23)35-20(29)33/h3-8,11H,9-10,13H2,1-2H3,(H2,29,33). The fourth-order valence-electron chi connectivity index (χ4n) is 3.99. The molecule has 1 aliphatic heterocycles. The molecular formula is C24H21F3N4O4S. The number of benzene rings is 2. The number of nitrogens with two attached hydrogens (primary N) is 1. The summed E-state index contributed by atoms with van der Waals surface area (Å²) >= 11 is 5.52. The molecule has 0 unspecified atom stereocenters. The van der Waals surface area contributed by atoms with E-state index in [0.29, 0.717) is 24.3 Å². The van der Waals surface area contributed by atoms with Gasteiger partial charge in [0.25, 0.3) is 5.91 Å². The number of amides is 2. The summed E-state index contributed by atoms with van der Waals surface area (Å²) in [5.41, 5.74) is 1.90. The van der Waals surface area contributed by atoms with E-state index in [9.17, 15) is 22.8 Å². The summed E-state index contributed by atoms with van der Waals surface area (Å²) < 4.78 is 51.3. The molecule has 36 heavy (non-hydrogen) atoms. The van der Waals surface area contributed by atoms with Gasteiger partial charge in [0.15, 0.2) is 5.11 Å². The maximum Gasteiger partial charge on any atom is 0.417 e. The van der Waals surface area contributed by atoms with E-state index in [-0.39, 0.29) is 17.4 Å². The van der Waals surface area contributed by atoms with Gasteiger partial charge in [-0.25, -0.2) is 4.79 Å². The van der Waals surface area contributed by atoms with E-state index in [2.05, 4.69) is 0 Å². The Kier molecular flexibility index (Phi) is 6.08. The van der Waals surface area contributed by atoms with E-state index < -0.39 is 40.4 Å². The van der Waals surface area contributed by atoms with Gasteiger partial charge in [0.1, 0.15) is 23.5 Å². The van der Waals surface area contributed by atoms with Crippen LogP contribution in [-0.2, 0) is 15.7 Å². The third-order valence-electron chi connectivity index (χ3n) is 6.08. The SMILES string of the molecule is CC1(C)C(=O)N(c2ccc(C#N)c(C(F)(F)F)c2)C(=S)N1c1ccc(OCC2(OC(N)=O)CC2)cc1. The van der Waals surface area contributed by atoms with E-state index in [1.165, 1.54) is 12.1 Å². The Morgan fingerprint density at radius 3 is 2.31 bits per heavy atom. The number of carbonyl (C=O) groups excluding carboxylic acids is 2. The van der Waals surface area contributed by atoms with Crippen LogP contribution in [0.1, 0.15) is 37.8 Å². The Hall–Kier alpha value is -3.85. The third kappa shape index (κ3) is 4.54. The number of anilines is 2. The van der Waals surface area contributed by atoms with Gasteiger partial charge < -0.3 is 20.1 Å². The summed E-state index contributed by atoms with van der Waals surface area (Å²) in [5.74, 6) is -0.0453. The third-order valence-corrected chi connectivity index (χ3v) is 6.44. The molecule has 2 aromatic rings. The molecule has 1 heterocycles. The Balaban J connectivity index is 1.58. The van der Waals surface area contributed by atoms with E-state index in [4.69, 9.17) is 32.7 Å². The number of nitrogens with zero attached hydrogens (tertiary/aromatic N) is 3. The highest BCUT2D eigenvalue weighted by Crippen LogP contribution is 2.41. The Morgan fingerprint density at radius 1 is 1.17 bits per heavy atom. The van der Waals surface area contributed by atoms with Crippen LogP contribution in [0.2, 0.25) is 0 Å². The van der Waals surface area contributed by atoms with Crippen LogP contribution in [0.15, 0.2) is 42.5 Å². The number of thiocarbonyl (C=S) groups is 1. The van der Waals surface area contributed by atoms with Crippen molar-refractivity contribution in [1.29, 1.82) is 5.26 Å². The van der Waals surface area contributed by atoms with E-state index in [1.54, 1.807) is 43.0 Å². The number of nitriles is 1. The quantitative estimate of drug-likeness (QED) is 0.561. The Morgan fingerprint density at radius 2 is 1.78 bits per heavy atom. The zero-order chi connectivity index (χ0) is 26.5. The first-order chi connectivity index (χ1) is 16.8. The number of alkyl halides is 3. The zero-order valence-corrected chi connectivity index (χ0v) is 20.1. The molecule has 1 saturated carbocycles. The molecule has 1 aliphatic carbocycles. The molecule has 4 rings (SSSR count). The van der Waals surface area contributed by atoms with Crippen LogP contribution in [0.3, 0.4) is 0 Å². The van der Waals surface area contributed by atoms with Crippen molar-refractivity contribution in [3.05, 3.63) is 53.6 Å². The van der Waals surface area contributed by atoms with Crippen molar-refractivity contribution in [2.45, 2.75) is 44.0 Å². The normalized spacial score (nSPS) is 18.1. The number of ether oxygens (including phenoxy) is 2. The maximum atomic E-state index is 13.5.